The zero-order valence-corrected chi connectivity index (χ0v) is 11.4. The molecule has 0 saturated heterocycles. The predicted octanol–water partition coefficient (Wildman–Crippen LogP) is 1.62. The first-order valence-electron chi connectivity index (χ1n) is 6.61. The van der Waals surface area contributed by atoms with Crippen LogP contribution in [0.15, 0.2) is 42.5 Å². The van der Waals surface area contributed by atoms with Crippen LogP contribution in [0.2, 0.25) is 0 Å². The predicted molar refractivity (Wildman–Crippen MR) is 74.1 cm³/mol. The average molecular weight is 277 g/mol. The molecule has 1 aliphatic rings. The van der Waals surface area contributed by atoms with E-state index in [0.717, 1.165) is 5.56 Å². The van der Waals surface area contributed by atoms with Crippen LogP contribution in [0.1, 0.15) is 12.5 Å². The average Bonchev–Trinajstić information content (AvgIpc) is 2.90. The maximum absolute atomic E-state index is 11.7. The molecule has 1 aromatic carbocycles. The van der Waals surface area contributed by atoms with Crippen molar-refractivity contribution in [1.82, 2.24) is 5.32 Å². The summed E-state index contributed by atoms with van der Waals surface area (Å²) >= 11 is 0. The van der Waals surface area contributed by atoms with Gasteiger partial charge in [0.25, 0.3) is 0 Å². The standard InChI is InChI=1S/C15H19NO4/c1-11-7-8-14(20-11)13(9-17)16-15(18)19-10-12-5-3-2-4-6-12/h2-8,11,13-14,17H,9-10H2,1H3,(H,16,18)/t11-,13+,14+/m0/s1. The number of rotatable bonds is 5. The molecule has 2 rings (SSSR count). The van der Waals surface area contributed by atoms with E-state index in [4.69, 9.17) is 9.47 Å². The highest BCUT2D eigenvalue weighted by molar-refractivity contribution is 5.67. The van der Waals surface area contributed by atoms with E-state index in [-0.39, 0.29) is 25.4 Å². The van der Waals surface area contributed by atoms with Crippen LogP contribution in [0.4, 0.5) is 4.79 Å². The van der Waals surface area contributed by atoms with Gasteiger partial charge < -0.3 is 19.9 Å². The monoisotopic (exact) mass is 277 g/mol. The summed E-state index contributed by atoms with van der Waals surface area (Å²) in [6, 6.07) is 8.91. The van der Waals surface area contributed by atoms with Crippen molar-refractivity contribution in [2.75, 3.05) is 6.61 Å². The second-order valence-electron chi connectivity index (χ2n) is 4.69. The lowest BCUT2D eigenvalue weighted by molar-refractivity contribution is 0.0290. The molecule has 0 unspecified atom stereocenters. The van der Waals surface area contributed by atoms with Gasteiger partial charge in [0.1, 0.15) is 6.61 Å². The molecular weight excluding hydrogens is 258 g/mol. The Labute approximate surface area is 118 Å². The van der Waals surface area contributed by atoms with Gasteiger partial charge in [-0.05, 0) is 12.5 Å². The zero-order chi connectivity index (χ0) is 14.4. The fraction of sp³-hybridized carbons (Fsp3) is 0.400. The molecule has 0 saturated carbocycles. The lowest BCUT2D eigenvalue weighted by Crippen LogP contribution is -2.45. The third kappa shape index (κ3) is 4.08. The summed E-state index contributed by atoms with van der Waals surface area (Å²) in [7, 11) is 0. The van der Waals surface area contributed by atoms with Gasteiger partial charge in [-0.15, -0.1) is 0 Å². The van der Waals surface area contributed by atoms with E-state index < -0.39 is 12.1 Å². The highest BCUT2D eigenvalue weighted by Crippen LogP contribution is 2.14. The summed E-state index contributed by atoms with van der Waals surface area (Å²) in [5.41, 5.74) is 0.911. The number of ether oxygens (including phenoxy) is 2. The van der Waals surface area contributed by atoms with Gasteiger partial charge in [0.05, 0.1) is 24.9 Å². The summed E-state index contributed by atoms with van der Waals surface area (Å²) in [4.78, 5) is 11.7. The smallest absolute Gasteiger partial charge is 0.407 e. The van der Waals surface area contributed by atoms with Crippen molar-refractivity contribution in [3.05, 3.63) is 48.0 Å². The van der Waals surface area contributed by atoms with Crippen molar-refractivity contribution in [2.45, 2.75) is 31.8 Å². The van der Waals surface area contributed by atoms with Gasteiger partial charge in [-0.1, -0.05) is 42.5 Å². The second-order valence-corrected chi connectivity index (χ2v) is 4.69. The molecule has 108 valence electrons. The van der Waals surface area contributed by atoms with E-state index in [1.54, 1.807) is 0 Å². The SMILES string of the molecule is C[C@H]1C=C[C@H]([C@@H](CO)NC(=O)OCc2ccccc2)O1. The lowest BCUT2D eigenvalue weighted by Gasteiger charge is -2.22. The van der Waals surface area contributed by atoms with Gasteiger partial charge in [-0.2, -0.15) is 0 Å². The fourth-order valence-corrected chi connectivity index (χ4v) is 1.98. The molecule has 5 nitrogen and oxygen atoms in total. The van der Waals surface area contributed by atoms with Gasteiger partial charge in [0.2, 0.25) is 0 Å². The quantitative estimate of drug-likeness (QED) is 0.803. The molecule has 0 fully saturated rings. The number of nitrogens with one attached hydrogen (secondary N) is 1. The Morgan fingerprint density at radius 1 is 1.40 bits per heavy atom. The Hall–Kier alpha value is -1.85. The van der Waals surface area contributed by atoms with Crippen molar-refractivity contribution in [3.8, 4) is 0 Å². The third-order valence-corrected chi connectivity index (χ3v) is 3.05. The van der Waals surface area contributed by atoms with Gasteiger partial charge in [0, 0.05) is 0 Å². The van der Waals surface area contributed by atoms with Crippen molar-refractivity contribution in [3.63, 3.8) is 0 Å². The lowest BCUT2D eigenvalue weighted by atomic mass is 10.2. The van der Waals surface area contributed by atoms with Crippen LogP contribution >= 0.6 is 0 Å². The first kappa shape index (κ1) is 14.6. The van der Waals surface area contributed by atoms with E-state index in [1.165, 1.54) is 0 Å². The molecule has 1 aromatic rings. The van der Waals surface area contributed by atoms with Crippen molar-refractivity contribution in [1.29, 1.82) is 0 Å². The summed E-state index contributed by atoms with van der Waals surface area (Å²) < 4.78 is 10.6. The van der Waals surface area contributed by atoms with Crippen molar-refractivity contribution >= 4 is 6.09 Å². The molecule has 0 bridgehead atoms. The Bertz CT molecular complexity index is 460. The van der Waals surface area contributed by atoms with E-state index in [2.05, 4.69) is 5.32 Å². The van der Waals surface area contributed by atoms with Crippen LogP contribution in [0.3, 0.4) is 0 Å². The Kier molecular flexibility index (Phi) is 5.15. The van der Waals surface area contributed by atoms with Gasteiger partial charge >= 0.3 is 6.09 Å². The molecule has 0 spiro atoms. The summed E-state index contributed by atoms with van der Waals surface area (Å²) in [6.07, 6.45) is 2.84. The maximum Gasteiger partial charge on any atom is 0.407 e. The number of aliphatic hydroxyl groups is 1. The van der Waals surface area contributed by atoms with Gasteiger partial charge in [0.15, 0.2) is 0 Å². The van der Waals surface area contributed by atoms with Crippen LogP contribution in [0.5, 0.6) is 0 Å². The van der Waals surface area contributed by atoms with Crippen LogP contribution in [0, 0.1) is 0 Å². The largest absolute Gasteiger partial charge is 0.445 e. The second kappa shape index (κ2) is 7.07. The number of aliphatic hydroxyl groups excluding tert-OH is 1. The minimum absolute atomic E-state index is 0.00353. The zero-order valence-electron chi connectivity index (χ0n) is 11.4. The van der Waals surface area contributed by atoms with Crippen LogP contribution in [0.25, 0.3) is 0 Å². The van der Waals surface area contributed by atoms with E-state index in [0.29, 0.717) is 0 Å². The molecular formula is C15H19NO4. The Morgan fingerprint density at radius 3 is 2.75 bits per heavy atom. The fourth-order valence-electron chi connectivity index (χ4n) is 1.98. The van der Waals surface area contributed by atoms with E-state index in [1.807, 2.05) is 49.4 Å². The van der Waals surface area contributed by atoms with Crippen LogP contribution in [-0.4, -0.2) is 36.1 Å². The molecule has 0 radical (unpaired) electrons. The molecule has 0 aromatic heterocycles. The minimum Gasteiger partial charge on any atom is -0.445 e. The van der Waals surface area contributed by atoms with Gasteiger partial charge in [-0.25, -0.2) is 4.79 Å². The number of benzene rings is 1. The molecule has 1 heterocycles. The maximum atomic E-state index is 11.7. The van der Waals surface area contributed by atoms with E-state index >= 15 is 0 Å². The Morgan fingerprint density at radius 2 is 2.15 bits per heavy atom. The third-order valence-electron chi connectivity index (χ3n) is 3.05. The molecule has 5 heteroatoms. The van der Waals surface area contributed by atoms with Gasteiger partial charge in [-0.3, -0.25) is 0 Å². The van der Waals surface area contributed by atoms with Crippen LogP contribution < -0.4 is 5.32 Å². The molecule has 1 aliphatic heterocycles. The molecule has 1 amide bonds. The topological polar surface area (TPSA) is 67.8 Å². The number of alkyl carbamates (subject to hydrolysis) is 1. The summed E-state index contributed by atoms with van der Waals surface area (Å²) in [5.74, 6) is 0. The van der Waals surface area contributed by atoms with E-state index in [9.17, 15) is 9.90 Å². The molecule has 0 aliphatic carbocycles. The first-order valence-corrected chi connectivity index (χ1v) is 6.61. The Balaban J connectivity index is 1.79. The van der Waals surface area contributed by atoms with Crippen LogP contribution in [-0.2, 0) is 16.1 Å². The molecule has 2 N–H and O–H groups in total. The number of hydrogen-bond donors (Lipinski definition) is 2. The highest BCUT2D eigenvalue weighted by atomic mass is 16.5. The van der Waals surface area contributed by atoms with Crippen molar-refractivity contribution in [2.24, 2.45) is 0 Å². The number of hydrogen-bond acceptors (Lipinski definition) is 4. The molecule has 3 atom stereocenters. The first-order chi connectivity index (χ1) is 9.69. The summed E-state index contributed by atoms with van der Waals surface area (Å²) in [5, 5.41) is 11.9. The van der Waals surface area contributed by atoms with Crippen molar-refractivity contribution < 1.29 is 19.4 Å². The summed E-state index contributed by atoms with van der Waals surface area (Å²) in [6.45, 7) is 1.89. The number of amides is 1. The molecule has 20 heavy (non-hydrogen) atoms. The minimum atomic E-state index is -0.565. The number of carbonyl (C=O) groups excluding carboxylic acids is 1. The normalized spacial score (nSPS) is 22.5. The number of carbonyl (C=O) groups is 1. The highest BCUT2D eigenvalue weighted by Gasteiger charge is 2.26.